The zero-order chi connectivity index (χ0) is 14.3. The van der Waals surface area contributed by atoms with Crippen LogP contribution >= 0.6 is 0 Å². The molecule has 0 rings (SSSR count). The van der Waals surface area contributed by atoms with Crippen molar-refractivity contribution in [3.05, 3.63) is 0 Å². The van der Waals surface area contributed by atoms with Crippen molar-refractivity contribution in [2.24, 2.45) is 23.2 Å². The van der Waals surface area contributed by atoms with Crippen LogP contribution in [0.3, 0.4) is 0 Å². The van der Waals surface area contributed by atoms with E-state index >= 15 is 0 Å². The number of hydrogen-bond donors (Lipinski definition) is 1. The summed E-state index contributed by atoms with van der Waals surface area (Å²) in [5.74, 6) is 0.353. The van der Waals surface area contributed by atoms with Crippen molar-refractivity contribution < 1.29 is 14.9 Å². The third kappa shape index (κ3) is 5.38. The van der Waals surface area contributed by atoms with E-state index in [-0.39, 0.29) is 11.3 Å². The molecule has 108 valence electrons. The Labute approximate surface area is 112 Å². The lowest BCUT2D eigenvalue weighted by Gasteiger charge is -2.35. The first-order valence-electron chi connectivity index (χ1n) is 7.08. The van der Waals surface area contributed by atoms with Gasteiger partial charge in [0.1, 0.15) is 0 Å². The second kappa shape index (κ2) is 7.78. The summed E-state index contributed by atoms with van der Waals surface area (Å²) < 4.78 is 0. The first-order valence-corrected chi connectivity index (χ1v) is 7.08. The summed E-state index contributed by atoms with van der Waals surface area (Å²) in [5.41, 5.74) is -0.155. The topological polar surface area (TPSA) is 46.5 Å². The molecule has 0 aromatic carbocycles. The average Bonchev–Trinajstić information content (AvgIpc) is 2.27. The van der Waals surface area contributed by atoms with Gasteiger partial charge in [-0.1, -0.05) is 60.8 Å². The van der Waals surface area contributed by atoms with Crippen molar-refractivity contribution in [3.63, 3.8) is 0 Å². The van der Waals surface area contributed by atoms with Crippen LogP contribution in [-0.2, 0) is 9.68 Å². The molecule has 0 spiro atoms. The maximum Gasteiger partial charge on any atom is 0.345 e. The van der Waals surface area contributed by atoms with Gasteiger partial charge in [-0.2, -0.15) is 5.26 Å². The van der Waals surface area contributed by atoms with Gasteiger partial charge in [0.25, 0.3) is 0 Å². The molecule has 1 unspecified atom stereocenters. The molecule has 0 bridgehead atoms. The fourth-order valence-electron chi connectivity index (χ4n) is 2.16. The molecule has 1 atom stereocenters. The van der Waals surface area contributed by atoms with Crippen molar-refractivity contribution >= 4 is 5.97 Å². The van der Waals surface area contributed by atoms with Crippen molar-refractivity contribution in [3.8, 4) is 0 Å². The molecule has 0 radical (unpaired) electrons. The van der Waals surface area contributed by atoms with Crippen LogP contribution in [0.4, 0.5) is 0 Å². The Bertz CT molecular complexity index is 244. The van der Waals surface area contributed by atoms with Gasteiger partial charge in [-0.05, 0) is 23.7 Å². The molecule has 0 amide bonds. The first kappa shape index (κ1) is 17.4. The molecule has 18 heavy (non-hydrogen) atoms. The van der Waals surface area contributed by atoms with Gasteiger partial charge in [0.15, 0.2) is 0 Å². The summed E-state index contributed by atoms with van der Waals surface area (Å²) in [5, 5.41) is 8.65. The highest BCUT2D eigenvalue weighted by Crippen LogP contribution is 2.38. The van der Waals surface area contributed by atoms with E-state index in [1.54, 1.807) is 0 Å². The molecule has 0 fully saturated rings. The van der Waals surface area contributed by atoms with Gasteiger partial charge >= 0.3 is 5.97 Å². The van der Waals surface area contributed by atoms with Crippen molar-refractivity contribution in [2.75, 3.05) is 0 Å². The summed E-state index contributed by atoms with van der Waals surface area (Å²) in [7, 11) is 0. The van der Waals surface area contributed by atoms with Crippen molar-refractivity contribution in [1.82, 2.24) is 0 Å². The molecule has 0 aliphatic heterocycles. The second-order valence-corrected chi connectivity index (χ2v) is 6.62. The number of carbonyl (C=O) groups is 1. The minimum Gasteiger partial charge on any atom is -0.301 e. The van der Waals surface area contributed by atoms with Crippen LogP contribution in [0.5, 0.6) is 0 Å². The van der Waals surface area contributed by atoms with Crippen LogP contribution in [-0.4, -0.2) is 11.2 Å². The smallest absolute Gasteiger partial charge is 0.301 e. The fraction of sp³-hybridized carbons (Fsp3) is 0.933. The van der Waals surface area contributed by atoms with Gasteiger partial charge in [-0.3, -0.25) is 0 Å². The third-order valence-electron chi connectivity index (χ3n) is 4.28. The number of carbonyl (C=O) groups excluding carboxylic acids is 1. The SMILES string of the molecule is CC(C)CCCCC(C(=O)OO)C(C)(C)C(C)C. The van der Waals surface area contributed by atoms with Crippen LogP contribution in [0.2, 0.25) is 0 Å². The molecule has 0 heterocycles. The van der Waals surface area contributed by atoms with E-state index < -0.39 is 5.97 Å². The molecule has 3 nitrogen and oxygen atoms in total. The van der Waals surface area contributed by atoms with Gasteiger partial charge in [0.05, 0.1) is 5.92 Å². The van der Waals surface area contributed by atoms with Crippen molar-refractivity contribution in [1.29, 1.82) is 0 Å². The fourth-order valence-corrected chi connectivity index (χ4v) is 2.16. The lowest BCUT2D eigenvalue weighted by Crippen LogP contribution is -2.36. The molecular formula is C15H30O3. The molecular weight excluding hydrogens is 228 g/mol. The lowest BCUT2D eigenvalue weighted by molar-refractivity contribution is -0.243. The van der Waals surface area contributed by atoms with Crippen molar-refractivity contribution in [2.45, 2.75) is 67.2 Å². The molecule has 0 aliphatic carbocycles. The van der Waals surface area contributed by atoms with E-state index in [0.29, 0.717) is 11.8 Å². The monoisotopic (exact) mass is 258 g/mol. The predicted octanol–water partition coefficient (Wildman–Crippen LogP) is 4.52. The largest absolute Gasteiger partial charge is 0.345 e. The van der Waals surface area contributed by atoms with Crippen LogP contribution in [0.1, 0.15) is 67.2 Å². The molecule has 0 saturated carbocycles. The van der Waals surface area contributed by atoms with Gasteiger partial charge in [-0.15, -0.1) is 0 Å². The van der Waals surface area contributed by atoms with Gasteiger partial charge < -0.3 is 4.89 Å². The van der Waals surface area contributed by atoms with Gasteiger partial charge in [-0.25, -0.2) is 4.79 Å². The van der Waals surface area contributed by atoms with E-state index in [2.05, 4.69) is 46.4 Å². The minimum atomic E-state index is -0.488. The Kier molecular flexibility index (Phi) is 7.53. The Morgan fingerprint density at radius 3 is 2.00 bits per heavy atom. The van der Waals surface area contributed by atoms with Gasteiger partial charge in [0, 0.05) is 0 Å². The number of unbranched alkanes of at least 4 members (excludes halogenated alkanes) is 1. The zero-order valence-electron chi connectivity index (χ0n) is 12.8. The summed E-state index contributed by atoms with van der Waals surface area (Å²) >= 11 is 0. The Hall–Kier alpha value is -0.570. The highest BCUT2D eigenvalue weighted by Gasteiger charge is 2.38. The Morgan fingerprint density at radius 2 is 1.61 bits per heavy atom. The number of rotatable bonds is 8. The molecule has 0 aromatic rings. The Balaban J connectivity index is 4.47. The Morgan fingerprint density at radius 1 is 1.11 bits per heavy atom. The zero-order valence-corrected chi connectivity index (χ0v) is 12.8. The summed E-state index contributed by atoms with van der Waals surface area (Å²) in [6, 6.07) is 0. The highest BCUT2D eigenvalue weighted by atomic mass is 17.1. The summed E-state index contributed by atoms with van der Waals surface area (Å²) in [4.78, 5) is 15.7. The quantitative estimate of drug-likeness (QED) is 0.395. The molecule has 0 aliphatic rings. The van der Waals surface area contributed by atoms with Crippen LogP contribution in [0.25, 0.3) is 0 Å². The third-order valence-corrected chi connectivity index (χ3v) is 4.28. The van der Waals surface area contributed by atoms with Crippen LogP contribution in [0.15, 0.2) is 0 Å². The maximum atomic E-state index is 11.7. The van der Waals surface area contributed by atoms with E-state index in [0.717, 1.165) is 19.3 Å². The minimum absolute atomic E-state index is 0.155. The standard InChI is InChI=1S/C15H30O3/c1-11(2)9-7-8-10-13(14(16)18-17)15(5,6)12(3)4/h11-13,17H,7-10H2,1-6H3. The van der Waals surface area contributed by atoms with E-state index in [1.165, 1.54) is 6.42 Å². The van der Waals surface area contributed by atoms with Crippen LogP contribution < -0.4 is 0 Å². The predicted molar refractivity (Wildman–Crippen MR) is 74.1 cm³/mol. The molecule has 0 aromatic heterocycles. The average molecular weight is 258 g/mol. The van der Waals surface area contributed by atoms with E-state index in [9.17, 15) is 4.79 Å². The number of hydrogen-bond acceptors (Lipinski definition) is 3. The maximum absolute atomic E-state index is 11.7. The lowest BCUT2D eigenvalue weighted by atomic mass is 9.69. The van der Waals surface area contributed by atoms with E-state index in [4.69, 9.17) is 5.26 Å². The van der Waals surface area contributed by atoms with E-state index in [1.807, 2.05) is 0 Å². The molecule has 0 saturated heterocycles. The summed E-state index contributed by atoms with van der Waals surface area (Å²) in [6.07, 6.45) is 4.11. The normalized spacial score (nSPS) is 14.1. The second-order valence-electron chi connectivity index (χ2n) is 6.62. The summed E-state index contributed by atoms with van der Waals surface area (Å²) in [6.45, 7) is 12.8. The van der Waals surface area contributed by atoms with Crippen LogP contribution in [0, 0.1) is 23.2 Å². The molecule has 1 N–H and O–H groups in total. The highest BCUT2D eigenvalue weighted by molar-refractivity contribution is 5.72. The van der Waals surface area contributed by atoms with Gasteiger partial charge in [0.2, 0.25) is 0 Å². The molecule has 3 heteroatoms. The first-order chi connectivity index (χ1) is 8.23.